The van der Waals surface area contributed by atoms with Crippen LogP contribution in [0.15, 0.2) is 53.5 Å². The number of hydrogen-bond donors (Lipinski definition) is 0. The van der Waals surface area contributed by atoms with E-state index in [1.165, 1.54) is 17.3 Å². The topological polar surface area (TPSA) is 66.8 Å². The first-order valence-electron chi connectivity index (χ1n) is 9.65. The van der Waals surface area contributed by atoms with Crippen molar-refractivity contribution in [3.63, 3.8) is 0 Å². The van der Waals surface area contributed by atoms with Crippen LogP contribution in [0.4, 0.5) is 0 Å². The van der Waals surface area contributed by atoms with Gasteiger partial charge in [-0.05, 0) is 25.0 Å². The van der Waals surface area contributed by atoms with Crippen molar-refractivity contribution in [1.82, 2.24) is 4.90 Å². The second-order valence-corrected chi connectivity index (χ2v) is 11.2. The molecule has 0 unspecified atom stereocenters. The minimum atomic E-state index is -3.04. The molecule has 0 radical (unpaired) electrons. The Kier molecular flexibility index (Phi) is 5.53. The summed E-state index contributed by atoms with van der Waals surface area (Å²) < 4.78 is 24.3. The number of rotatable bonds is 4. The average molecular weight is 429 g/mol. The summed E-state index contributed by atoms with van der Waals surface area (Å²) >= 11 is 1.43. The van der Waals surface area contributed by atoms with E-state index in [2.05, 4.69) is 4.99 Å². The first-order chi connectivity index (χ1) is 13.8. The normalized spacial score (nSPS) is 24.1. The molecule has 2 fully saturated rings. The van der Waals surface area contributed by atoms with E-state index in [0.29, 0.717) is 11.7 Å². The van der Waals surface area contributed by atoms with Gasteiger partial charge in [0.05, 0.1) is 24.0 Å². The van der Waals surface area contributed by atoms with Gasteiger partial charge in [-0.25, -0.2) is 8.42 Å². The largest absolute Gasteiger partial charge is 0.342 e. The number of carbonyl (C=O) groups excluding carboxylic acids is 1. The van der Waals surface area contributed by atoms with E-state index < -0.39 is 9.84 Å². The minimum Gasteiger partial charge on any atom is -0.342 e. The first-order valence-corrected chi connectivity index (χ1v) is 12.4. The molecule has 0 spiro atoms. The van der Waals surface area contributed by atoms with Crippen LogP contribution >= 0.6 is 11.8 Å². The maximum absolute atomic E-state index is 12.6. The number of nitrogens with zero attached hydrogens (tertiary/aromatic N) is 2. The number of sulfone groups is 1. The fourth-order valence-electron chi connectivity index (χ4n) is 3.74. The number of benzene rings is 2. The zero-order valence-electron chi connectivity index (χ0n) is 16.5. The van der Waals surface area contributed by atoms with Crippen LogP contribution in [0.2, 0.25) is 0 Å². The third kappa shape index (κ3) is 4.73. The summed E-state index contributed by atoms with van der Waals surface area (Å²) in [4.78, 5) is 19.0. The van der Waals surface area contributed by atoms with Crippen LogP contribution in [0.5, 0.6) is 0 Å². The predicted octanol–water partition coefficient (Wildman–Crippen LogP) is 3.14. The molecule has 0 bridgehead atoms. The Hall–Kier alpha value is -2.12. The Morgan fingerprint density at radius 3 is 2.21 bits per heavy atom. The molecule has 7 heteroatoms. The van der Waals surface area contributed by atoms with E-state index in [-0.39, 0.29) is 35.1 Å². The lowest BCUT2D eigenvalue weighted by Gasteiger charge is -2.24. The van der Waals surface area contributed by atoms with Crippen molar-refractivity contribution < 1.29 is 13.2 Å². The molecule has 2 aromatic rings. The molecule has 0 aromatic heterocycles. The molecule has 0 aliphatic carbocycles. The van der Waals surface area contributed by atoms with Crippen molar-refractivity contribution in [1.29, 1.82) is 0 Å². The lowest BCUT2D eigenvalue weighted by atomic mass is 10.1. The zero-order valence-corrected chi connectivity index (χ0v) is 18.2. The number of aryl methyl sites for hydroxylation is 2. The number of hydrogen-bond acceptors (Lipinski definition) is 4. The molecule has 5 nitrogen and oxygen atoms in total. The Balaban J connectivity index is 1.56. The number of aliphatic imine (C=N–C) groups is 1. The van der Waals surface area contributed by atoms with Crippen molar-refractivity contribution in [3.05, 3.63) is 70.8 Å². The Bertz CT molecular complexity index is 1040. The van der Waals surface area contributed by atoms with E-state index in [4.69, 9.17) is 0 Å². The molecule has 1 amide bonds. The maximum Gasteiger partial charge on any atom is 0.252 e. The minimum absolute atomic E-state index is 0.0589. The summed E-state index contributed by atoms with van der Waals surface area (Å²) in [5, 5.41) is 0.587. The predicted molar refractivity (Wildman–Crippen MR) is 118 cm³/mol. The number of amidine groups is 1. The van der Waals surface area contributed by atoms with Crippen LogP contribution in [0.3, 0.4) is 0 Å². The smallest absolute Gasteiger partial charge is 0.252 e. The molecule has 2 saturated heterocycles. The Labute approximate surface area is 176 Å². The molecule has 29 heavy (non-hydrogen) atoms. The van der Waals surface area contributed by atoms with Crippen LogP contribution in [0, 0.1) is 13.8 Å². The van der Waals surface area contributed by atoms with E-state index in [9.17, 15) is 13.2 Å². The highest BCUT2D eigenvalue weighted by atomic mass is 32.2. The highest BCUT2D eigenvalue weighted by molar-refractivity contribution is 8.15. The van der Waals surface area contributed by atoms with Gasteiger partial charge in [0.2, 0.25) is 0 Å². The summed E-state index contributed by atoms with van der Waals surface area (Å²) in [5.41, 5.74) is 4.34. The summed E-state index contributed by atoms with van der Waals surface area (Å²) in [6.45, 7) is 4.60. The lowest BCUT2D eigenvalue weighted by Crippen LogP contribution is -2.37. The molecule has 2 heterocycles. The number of fused-ring (bicyclic) bond motifs is 1. The SMILES string of the molecule is Cc1ccc(CC(=O)N=C2S[C@@H]3CS(=O)(=O)C[C@H]3N2Cc2ccc(C)cc2)cc1. The van der Waals surface area contributed by atoms with Crippen LogP contribution < -0.4 is 0 Å². The van der Waals surface area contributed by atoms with Crippen molar-refractivity contribution in [2.75, 3.05) is 11.5 Å². The molecular weight excluding hydrogens is 404 g/mol. The maximum atomic E-state index is 12.6. The fourth-order valence-corrected chi connectivity index (χ4v) is 7.71. The van der Waals surface area contributed by atoms with Gasteiger partial charge in [0, 0.05) is 11.8 Å². The molecule has 0 saturated carbocycles. The Morgan fingerprint density at radius 1 is 1.00 bits per heavy atom. The standard InChI is InChI=1S/C22H24N2O3S2/c1-15-3-7-17(8-4-15)11-21(25)23-22-24(12-18-9-5-16(2)6-10-18)19-13-29(26,27)14-20(19)28-22/h3-10,19-20H,11-14H2,1-2H3/t19-,20-/m1/s1. The highest BCUT2D eigenvalue weighted by Crippen LogP contribution is 2.39. The molecule has 2 aliphatic rings. The molecule has 2 atom stereocenters. The van der Waals surface area contributed by atoms with E-state index in [0.717, 1.165) is 16.7 Å². The van der Waals surface area contributed by atoms with Gasteiger partial charge < -0.3 is 4.90 Å². The van der Waals surface area contributed by atoms with Gasteiger partial charge in [0.15, 0.2) is 15.0 Å². The molecular formula is C22H24N2O3S2. The third-order valence-electron chi connectivity index (χ3n) is 5.34. The molecule has 2 aromatic carbocycles. The molecule has 4 rings (SSSR count). The van der Waals surface area contributed by atoms with Gasteiger partial charge in [0.25, 0.3) is 5.91 Å². The monoisotopic (exact) mass is 428 g/mol. The summed E-state index contributed by atoms with van der Waals surface area (Å²) in [5.74, 6) is 0.0765. The van der Waals surface area contributed by atoms with E-state index in [1.807, 2.05) is 67.3 Å². The third-order valence-corrected chi connectivity index (χ3v) is 8.59. The average Bonchev–Trinajstić information content (AvgIpc) is 3.11. The van der Waals surface area contributed by atoms with Gasteiger partial charge in [-0.1, -0.05) is 71.4 Å². The Morgan fingerprint density at radius 2 is 1.59 bits per heavy atom. The van der Waals surface area contributed by atoms with Crippen LogP contribution in [-0.4, -0.2) is 47.2 Å². The van der Waals surface area contributed by atoms with Gasteiger partial charge in [0.1, 0.15) is 0 Å². The summed E-state index contributed by atoms with van der Waals surface area (Å²) in [6.07, 6.45) is 0.246. The van der Waals surface area contributed by atoms with Gasteiger partial charge in [-0.2, -0.15) is 4.99 Å². The number of thioether (sulfide) groups is 1. The summed E-state index contributed by atoms with van der Waals surface area (Å²) in [6, 6.07) is 15.9. The van der Waals surface area contributed by atoms with E-state index in [1.54, 1.807) is 0 Å². The fraction of sp³-hybridized carbons (Fsp3) is 0.364. The van der Waals surface area contributed by atoms with Crippen LogP contribution in [-0.2, 0) is 27.6 Å². The van der Waals surface area contributed by atoms with Crippen molar-refractivity contribution in [2.45, 2.75) is 38.1 Å². The van der Waals surface area contributed by atoms with Gasteiger partial charge in [-0.3, -0.25) is 4.79 Å². The van der Waals surface area contributed by atoms with Crippen LogP contribution in [0.25, 0.3) is 0 Å². The summed E-state index contributed by atoms with van der Waals surface area (Å²) in [7, 11) is -3.04. The second-order valence-electron chi connectivity index (χ2n) is 7.86. The van der Waals surface area contributed by atoms with Crippen molar-refractivity contribution in [2.24, 2.45) is 4.99 Å². The molecule has 0 N–H and O–H groups in total. The quantitative estimate of drug-likeness (QED) is 0.748. The first kappa shape index (κ1) is 20.2. The number of amides is 1. The van der Waals surface area contributed by atoms with Gasteiger partial charge >= 0.3 is 0 Å². The molecule has 152 valence electrons. The van der Waals surface area contributed by atoms with Crippen LogP contribution in [0.1, 0.15) is 22.3 Å². The number of carbonyl (C=O) groups is 1. The highest BCUT2D eigenvalue weighted by Gasteiger charge is 2.48. The second kappa shape index (κ2) is 7.95. The molecule has 2 aliphatic heterocycles. The van der Waals surface area contributed by atoms with Gasteiger partial charge in [-0.15, -0.1) is 0 Å². The van der Waals surface area contributed by atoms with E-state index >= 15 is 0 Å². The lowest BCUT2D eigenvalue weighted by molar-refractivity contribution is -0.117. The van der Waals surface area contributed by atoms with Crippen molar-refractivity contribution >= 4 is 32.7 Å². The zero-order chi connectivity index (χ0) is 20.6. The van der Waals surface area contributed by atoms with Crippen molar-refractivity contribution in [3.8, 4) is 0 Å².